The third-order valence-electron chi connectivity index (χ3n) is 2.99. The molecule has 0 spiro atoms. The van der Waals surface area contributed by atoms with Crippen LogP contribution in [0, 0.1) is 0 Å². The zero-order valence-electron chi connectivity index (χ0n) is 12.3. The van der Waals surface area contributed by atoms with E-state index >= 15 is 0 Å². The van der Waals surface area contributed by atoms with Crippen molar-refractivity contribution in [2.24, 2.45) is 0 Å². The molecule has 4 nitrogen and oxygen atoms in total. The van der Waals surface area contributed by atoms with Crippen LogP contribution in [-0.2, 0) is 4.74 Å². The summed E-state index contributed by atoms with van der Waals surface area (Å²) in [7, 11) is 0. The number of anilines is 2. The van der Waals surface area contributed by atoms with Crippen molar-refractivity contribution in [1.82, 2.24) is 0 Å². The molecule has 0 amide bonds. The zero-order valence-corrected chi connectivity index (χ0v) is 13.1. The first-order valence-corrected chi connectivity index (χ1v) is 7.98. The quantitative estimate of drug-likeness (QED) is 0.671. The van der Waals surface area contributed by atoms with E-state index < -0.39 is 5.60 Å². The molecule has 1 aliphatic rings. The van der Waals surface area contributed by atoms with Crippen LogP contribution >= 0.6 is 11.8 Å². The SMILES string of the molecule is CC(C)(C)OC(=O)c1cc(N)ccc1N1CCSCC1. The van der Waals surface area contributed by atoms with Gasteiger partial charge in [-0.05, 0) is 39.0 Å². The van der Waals surface area contributed by atoms with E-state index in [1.54, 1.807) is 6.07 Å². The van der Waals surface area contributed by atoms with Crippen LogP contribution in [0.1, 0.15) is 31.1 Å². The van der Waals surface area contributed by atoms with Gasteiger partial charge in [0.1, 0.15) is 5.60 Å². The van der Waals surface area contributed by atoms with Gasteiger partial charge in [0.2, 0.25) is 0 Å². The second-order valence-corrected chi connectivity index (χ2v) is 7.10. The number of nitrogen functional groups attached to an aromatic ring is 1. The Bertz CT molecular complexity index is 491. The predicted octanol–water partition coefficient (Wildman–Crippen LogP) is 2.78. The van der Waals surface area contributed by atoms with Gasteiger partial charge in [0.15, 0.2) is 0 Å². The van der Waals surface area contributed by atoms with Gasteiger partial charge in [-0.25, -0.2) is 4.79 Å². The van der Waals surface area contributed by atoms with Gasteiger partial charge in [0.25, 0.3) is 0 Å². The lowest BCUT2D eigenvalue weighted by molar-refractivity contribution is 0.00704. The van der Waals surface area contributed by atoms with Gasteiger partial charge in [-0.1, -0.05) is 0 Å². The number of nitrogens with zero attached hydrogens (tertiary/aromatic N) is 1. The molecule has 0 aliphatic carbocycles. The van der Waals surface area contributed by atoms with Crippen molar-refractivity contribution in [1.29, 1.82) is 0 Å². The minimum atomic E-state index is -0.503. The number of ether oxygens (including phenoxy) is 1. The summed E-state index contributed by atoms with van der Waals surface area (Å²) in [5, 5.41) is 0. The highest BCUT2D eigenvalue weighted by Gasteiger charge is 2.23. The fourth-order valence-corrected chi connectivity index (χ4v) is 3.03. The van der Waals surface area contributed by atoms with Crippen molar-refractivity contribution >= 4 is 29.1 Å². The number of hydrogen-bond donors (Lipinski definition) is 1. The molecule has 2 rings (SSSR count). The molecule has 5 heteroatoms. The van der Waals surface area contributed by atoms with Crippen LogP contribution in [0.2, 0.25) is 0 Å². The number of carbonyl (C=O) groups is 1. The molecule has 0 unspecified atom stereocenters. The standard InChI is InChI=1S/C15H22N2O2S/c1-15(2,3)19-14(18)12-10-11(16)4-5-13(12)17-6-8-20-9-7-17/h4-5,10H,6-9,16H2,1-3H3. The Kier molecular flexibility index (Phi) is 4.48. The number of benzene rings is 1. The molecular weight excluding hydrogens is 272 g/mol. The number of nitrogens with two attached hydrogens (primary N) is 1. The second-order valence-electron chi connectivity index (χ2n) is 5.88. The van der Waals surface area contributed by atoms with Gasteiger partial charge in [-0.15, -0.1) is 0 Å². The maximum atomic E-state index is 12.4. The molecule has 1 aliphatic heterocycles. The first-order chi connectivity index (χ1) is 9.37. The number of esters is 1. The van der Waals surface area contributed by atoms with Crippen LogP contribution in [0.5, 0.6) is 0 Å². The molecule has 0 radical (unpaired) electrons. The van der Waals surface area contributed by atoms with Crippen LogP contribution in [0.3, 0.4) is 0 Å². The number of hydrogen-bond acceptors (Lipinski definition) is 5. The molecule has 0 atom stereocenters. The number of rotatable bonds is 2. The average Bonchev–Trinajstić information content (AvgIpc) is 2.37. The molecular formula is C15H22N2O2S. The lowest BCUT2D eigenvalue weighted by Crippen LogP contribution is -2.34. The maximum Gasteiger partial charge on any atom is 0.340 e. The van der Waals surface area contributed by atoms with Crippen molar-refractivity contribution in [2.45, 2.75) is 26.4 Å². The second kappa shape index (κ2) is 5.95. The van der Waals surface area contributed by atoms with Crippen molar-refractivity contribution in [3.63, 3.8) is 0 Å². The Morgan fingerprint density at radius 2 is 1.95 bits per heavy atom. The van der Waals surface area contributed by atoms with Crippen LogP contribution < -0.4 is 10.6 Å². The van der Waals surface area contributed by atoms with E-state index in [9.17, 15) is 4.79 Å². The normalized spacial score (nSPS) is 16.1. The summed E-state index contributed by atoms with van der Waals surface area (Å²) in [6.45, 7) is 7.51. The number of thioether (sulfide) groups is 1. The van der Waals surface area contributed by atoms with Crippen molar-refractivity contribution in [2.75, 3.05) is 35.2 Å². The molecule has 1 fully saturated rings. The molecule has 0 saturated carbocycles. The highest BCUT2D eigenvalue weighted by Crippen LogP contribution is 2.27. The smallest absolute Gasteiger partial charge is 0.340 e. The summed E-state index contributed by atoms with van der Waals surface area (Å²) in [6, 6.07) is 5.47. The van der Waals surface area contributed by atoms with E-state index in [-0.39, 0.29) is 5.97 Å². The van der Waals surface area contributed by atoms with Gasteiger partial charge in [-0.3, -0.25) is 0 Å². The number of carbonyl (C=O) groups excluding carboxylic acids is 1. The molecule has 1 heterocycles. The summed E-state index contributed by atoms with van der Waals surface area (Å²) in [5.41, 5.74) is 7.40. The highest BCUT2D eigenvalue weighted by molar-refractivity contribution is 7.99. The highest BCUT2D eigenvalue weighted by atomic mass is 32.2. The largest absolute Gasteiger partial charge is 0.456 e. The van der Waals surface area contributed by atoms with Crippen LogP contribution in [0.4, 0.5) is 11.4 Å². The van der Waals surface area contributed by atoms with E-state index in [0.717, 1.165) is 30.3 Å². The van der Waals surface area contributed by atoms with Gasteiger partial charge in [0, 0.05) is 30.3 Å². The minimum absolute atomic E-state index is 0.307. The van der Waals surface area contributed by atoms with Crippen molar-refractivity contribution in [3.05, 3.63) is 23.8 Å². The Hall–Kier alpha value is -1.36. The van der Waals surface area contributed by atoms with Crippen molar-refractivity contribution in [3.8, 4) is 0 Å². The van der Waals surface area contributed by atoms with Crippen LogP contribution in [0.25, 0.3) is 0 Å². The summed E-state index contributed by atoms with van der Waals surface area (Å²) in [6.07, 6.45) is 0. The third-order valence-corrected chi connectivity index (χ3v) is 3.93. The molecule has 20 heavy (non-hydrogen) atoms. The zero-order chi connectivity index (χ0) is 14.8. The van der Waals surface area contributed by atoms with Gasteiger partial charge in [-0.2, -0.15) is 11.8 Å². The monoisotopic (exact) mass is 294 g/mol. The van der Waals surface area contributed by atoms with E-state index in [2.05, 4.69) is 4.90 Å². The summed E-state index contributed by atoms with van der Waals surface area (Å²) in [4.78, 5) is 14.6. The first kappa shape index (κ1) is 15.0. The van der Waals surface area contributed by atoms with Gasteiger partial charge in [0.05, 0.1) is 11.3 Å². The molecule has 0 bridgehead atoms. The Morgan fingerprint density at radius 1 is 1.30 bits per heavy atom. The van der Waals surface area contributed by atoms with Crippen molar-refractivity contribution < 1.29 is 9.53 Å². The fraction of sp³-hybridized carbons (Fsp3) is 0.533. The Balaban J connectivity index is 2.30. The van der Waals surface area contributed by atoms with E-state index in [1.807, 2.05) is 44.7 Å². The van der Waals surface area contributed by atoms with Gasteiger partial charge >= 0.3 is 5.97 Å². The predicted molar refractivity (Wildman–Crippen MR) is 85.6 cm³/mol. The molecule has 110 valence electrons. The minimum Gasteiger partial charge on any atom is -0.456 e. The average molecular weight is 294 g/mol. The topological polar surface area (TPSA) is 55.6 Å². The fourth-order valence-electron chi connectivity index (χ4n) is 2.13. The Labute approximate surface area is 124 Å². The van der Waals surface area contributed by atoms with E-state index in [4.69, 9.17) is 10.5 Å². The summed E-state index contributed by atoms with van der Waals surface area (Å²) < 4.78 is 5.48. The Morgan fingerprint density at radius 3 is 2.55 bits per heavy atom. The molecule has 1 aromatic rings. The molecule has 1 saturated heterocycles. The summed E-state index contributed by atoms with van der Waals surface area (Å²) >= 11 is 1.94. The molecule has 0 aromatic heterocycles. The van der Waals surface area contributed by atoms with Crippen LogP contribution in [-0.4, -0.2) is 36.2 Å². The lowest BCUT2D eigenvalue weighted by atomic mass is 10.1. The molecule has 2 N–H and O–H groups in total. The third kappa shape index (κ3) is 3.82. The van der Waals surface area contributed by atoms with Gasteiger partial charge < -0.3 is 15.4 Å². The maximum absolute atomic E-state index is 12.4. The van der Waals surface area contributed by atoms with E-state index in [0.29, 0.717) is 11.3 Å². The van der Waals surface area contributed by atoms with E-state index in [1.165, 1.54) is 0 Å². The first-order valence-electron chi connectivity index (χ1n) is 6.82. The summed E-state index contributed by atoms with van der Waals surface area (Å²) in [5.74, 6) is 1.86. The molecule has 1 aromatic carbocycles. The van der Waals surface area contributed by atoms with Crippen LogP contribution in [0.15, 0.2) is 18.2 Å². The lowest BCUT2D eigenvalue weighted by Gasteiger charge is -2.30.